The first kappa shape index (κ1) is 19.3. The van der Waals surface area contributed by atoms with Gasteiger partial charge in [-0.3, -0.25) is 0 Å². The maximum absolute atomic E-state index is 12.4. The Kier molecular flexibility index (Phi) is 6.84. The maximum atomic E-state index is 12.4. The number of methoxy groups -OCH3 is 2. The third-order valence-electron chi connectivity index (χ3n) is 3.93. The number of nitrogens with one attached hydrogen (secondary N) is 1. The zero-order valence-electron chi connectivity index (χ0n) is 14.9. The van der Waals surface area contributed by atoms with Crippen molar-refractivity contribution >= 4 is 10.0 Å². The Morgan fingerprint density at radius 2 is 1.52 bits per heavy atom. The van der Waals surface area contributed by atoms with Crippen LogP contribution in [0.25, 0.3) is 0 Å². The average Bonchev–Trinajstić information content (AvgIpc) is 2.62. The summed E-state index contributed by atoms with van der Waals surface area (Å²) in [4.78, 5) is 0.291. The van der Waals surface area contributed by atoms with Crippen molar-refractivity contribution in [1.29, 1.82) is 0 Å². The Morgan fingerprint density at radius 1 is 0.880 bits per heavy atom. The number of hydrogen-bond donors (Lipinski definition) is 1. The van der Waals surface area contributed by atoms with Crippen LogP contribution in [0.1, 0.15) is 24.5 Å². The van der Waals surface area contributed by atoms with E-state index in [4.69, 9.17) is 9.47 Å². The van der Waals surface area contributed by atoms with Gasteiger partial charge >= 0.3 is 0 Å². The lowest BCUT2D eigenvalue weighted by atomic mass is 10.1. The Hall–Kier alpha value is -2.05. The lowest BCUT2D eigenvalue weighted by Gasteiger charge is -2.10. The van der Waals surface area contributed by atoms with Crippen molar-refractivity contribution in [3.63, 3.8) is 0 Å². The summed E-state index contributed by atoms with van der Waals surface area (Å²) in [5.74, 6) is 1.29. The highest BCUT2D eigenvalue weighted by atomic mass is 32.2. The molecular weight excluding hydrogens is 338 g/mol. The molecule has 0 spiro atoms. The number of benzene rings is 2. The van der Waals surface area contributed by atoms with Gasteiger partial charge in [-0.05, 0) is 48.2 Å². The summed E-state index contributed by atoms with van der Waals surface area (Å²) in [6, 6.07) is 12.6. The molecule has 136 valence electrons. The largest absolute Gasteiger partial charge is 0.493 e. The molecule has 0 aliphatic heterocycles. The second kappa shape index (κ2) is 8.87. The van der Waals surface area contributed by atoms with Gasteiger partial charge in [0.1, 0.15) is 0 Å². The van der Waals surface area contributed by atoms with E-state index in [0.717, 1.165) is 24.0 Å². The summed E-state index contributed by atoms with van der Waals surface area (Å²) in [5, 5.41) is 0. The summed E-state index contributed by atoms with van der Waals surface area (Å²) >= 11 is 0. The van der Waals surface area contributed by atoms with Crippen LogP contribution < -0.4 is 14.2 Å². The van der Waals surface area contributed by atoms with Crippen LogP contribution in [0.5, 0.6) is 11.5 Å². The molecule has 0 aliphatic rings. The van der Waals surface area contributed by atoms with Crippen molar-refractivity contribution in [3.05, 3.63) is 53.6 Å². The molecule has 0 heterocycles. The standard InChI is InChI=1S/C19H25NO4S/c1-4-5-15-6-9-17(10-7-15)25(21,22)20-13-12-16-8-11-18(23-2)19(14-16)24-3/h6-11,14,20H,4-5,12-13H2,1-3H3. The molecular formula is C19H25NO4S. The van der Waals surface area contributed by atoms with Gasteiger partial charge in [-0.1, -0.05) is 31.5 Å². The predicted molar refractivity (Wildman–Crippen MR) is 98.9 cm³/mol. The van der Waals surface area contributed by atoms with Crippen LogP contribution in [-0.2, 0) is 22.9 Å². The van der Waals surface area contributed by atoms with Gasteiger partial charge in [0.05, 0.1) is 19.1 Å². The molecule has 2 aromatic carbocycles. The fourth-order valence-corrected chi connectivity index (χ4v) is 3.60. The Labute approximate surface area is 150 Å². The molecule has 0 amide bonds. The van der Waals surface area contributed by atoms with Crippen LogP contribution in [-0.4, -0.2) is 29.2 Å². The Bertz CT molecular complexity index is 786. The van der Waals surface area contributed by atoms with Crippen molar-refractivity contribution in [3.8, 4) is 11.5 Å². The molecule has 0 saturated carbocycles. The fourth-order valence-electron chi connectivity index (χ4n) is 2.57. The molecule has 25 heavy (non-hydrogen) atoms. The molecule has 0 radical (unpaired) electrons. The number of ether oxygens (including phenoxy) is 2. The summed E-state index contributed by atoms with van der Waals surface area (Å²) in [7, 11) is -0.340. The van der Waals surface area contributed by atoms with Crippen LogP contribution in [0, 0.1) is 0 Å². The second-order valence-electron chi connectivity index (χ2n) is 5.73. The minimum atomic E-state index is -3.50. The van der Waals surface area contributed by atoms with Crippen LogP contribution in [0.3, 0.4) is 0 Å². The van der Waals surface area contributed by atoms with Gasteiger partial charge in [-0.25, -0.2) is 13.1 Å². The van der Waals surface area contributed by atoms with E-state index in [-0.39, 0.29) is 0 Å². The number of hydrogen-bond acceptors (Lipinski definition) is 4. The smallest absolute Gasteiger partial charge is 0.240 e. The van der Waals surface area contributed by atoms with Crippen molar-refractivity contribution in [2.45, 2.75) is 31.1 Å². The first-order valence-electron chi connectivity index (χ1n) is 8.29. The number of aryl methyl sites for hydroxylation is 1. The topological polar surface area (TPSA) is 64.6 Å². The molecule has 0 aromatic heterocycles. The lowest BCUT2D eigenvalue weighted by Crippen LogP contribution is -2.26. The normalized spacial score (nSPS) is 11.3. The molecule has 2 aromatic rings. The van der Waals surface area contributed by atoms with Gasteiger partial charge in [0.15, 0.2) is 11.5 Å². The van der Waals surface area contributed by atoms with E-state index in [2.05, 4.69) is 11.6 Å². The van der Waals surface area contributed by atoms with E-state index in [1.54, 1.807) is 26.4 Å². The van der Waals surface area contributed by atoms with Crippen LogP contribution in [0.4, 0.5) is 0 Å². The molecule has 0 unspecified atom stereocenters. The molecule has 0 fully saturated rings. The van der Waals surface area contributed by atoms with E-state index < -0.39 is 10.0 Å². The van der Waals surface area contributed by atoms with Gasteiger partial charge in [-0.15, -0.1) is 0 Å². The van der Waals surface area contributed by atoms with E-state index in [9.17, 15) is 8.42 Å². The third-order valence-corrected chi connectivity index (χ3v) is 5.40. The summed E-state index contributed by atoms with van der Waals surface area (Å²) in [6.07, 6.45) is 2.55. The highest BCUT2D eigenvalue weighted by molar-refractivity contribution is 7.89. The van der Waals surface area contributed by atoms with Crippen LogP contribution in [0.15, 0.2) is 47.4 Å². The van der Waals surface area contributed by atoms with E-state index in [0.29, 0.717) is 29.4 Å². The molecule has 5 nitrogen and oxygen atoms in total. The minimum absolute atomic E-state index is 0.291. The third kappa shape index (κ3) is 5.21. The number of sulfonamides is 1. The van der Waals surface area contributed by atoms with Gasteiger partial charge in [-0.2, -0.15) is 0 Å². The predicted octanol–water partition coefficient (Wildman–Crippen LogP) is 3.18. The maximum Gasteiger partial charge on any atom is 0.240 e. The van der Waals surface area contributed by atoms with Crippen LogP contribution in [0.2, 0.25) is 0 Å². The Balaban J connectivity index is 1.98. The molecule has 0 saturated heterocycles. The molecule has 6 heteroatoms. The number of rotatable bonds is 9. The average molecular weight is 363 g/mol. The first-order chi connectivity index (χ1) is 12.0. The summed E-state index contributed by atoms with van der Waals surface area (Å²) in [5.41, 5.74) is 2.12. The van der Waals surface area contributed by atoms with E-state index in [1.165, 1.54) is 0 Å². The molecule has 0 atom stereocenters. The monoisotopic (exact) mass is 363 g/mol. The van der Waals surface area contributed by atoms with Gasteiger partial charge < -0.3 is 9.47 Å². The molecule has 1 N–H and O–H groups in total. The molecule has 0 aliphatic carbocycles. The highest BCUT2D eigenvalue weighted by Gasteiger charge is 2.13. The fraction of sp³-hybridized carbons (Fsp3) is 0.368. The zero-order chi connectivity index (χ0) is 18.3. The summed E-state index contributed by atoms with van der Waals surface area (Å²) in [6.45, 7) is 2.41. The zero-order valence-corrected chi connectivity index (χ0v) is 15.7. The van der Waals surface area contributed by atoms with Crippen molar-refractivity contribution in [1.82, 2.24) is 4.72 Å². The lowest BCUT2D eigenvalue weighted by molar-refractivity contribution is 0.354. The van der Waals surface area contributed by atoms with Gasteiger partial charge in [0, 0.05) is 6.54 Å². The van der Waals surface area contributed by atoms with Crippen molar-refractivity contribution in [2.75, 3.05) is 20.8 Å². The van der Waals surface area contributed by atoms with Crippen molar-refractivity contribution in [2.24, 2.45) is 0 Å². The molecule has 2 rings (SSSR count). The van der Waals surface area contributed by atoms with Gasteiger partial charge in [0.2, 0.25) is 10.0 Å². The molecule has 0 bridgehead atoms. The first-order valence-corrected chi connectivity index (χ1v) is 9.78. The van der Waals surface area contributed by atoms with Gasteiger partial charge in [0.25, 0.3) is 0 Å². The van der Waals surface area contributed by atoms with E-state index >= 15 is 0 Å². The minimum Gasteiger partial charge on any atom is -0.493 e. The van der Waals surface area contributed by atoms with E-state index in [1.807, 2.05) is 30.3 Å². The highest BCUT2D eigenvalue weighted by Crippen LogP contribution is 2.27. The Morgan fingerprint density at radius 3 is 2.12 bits per heavy atom. The SMILES string of the molecule is CCCc1ccc(S(=O)(=O)NCCc2ccc(OC)c(OC)c2)cc1. The summed E-state index contributed by atoms with van der Waals surface area (Å²) < 4.78 is 37.8. The second-order valence-corrected chi connectivity index (χ2v) is 7.50. The quantitative estimate of drug-likeness (QED) is 0.743. The van der Waals surface area contributed by atoms with Crippen molar-refractivity contribution < 1.29 is 17.9 Å². The van der Waals surface area contributed by atoms with Crippen LogP contribution >= 0.6 is 0 Å².